The maximum absolute atomic E-state index is 5.92. The van der Waals surface area contributed by atoms with E-state index in [9.17, 15) is 0 Å². The molecule has 2 heterocycles. The van der Waals surface area contributed by atoms with E-state index < -0.39 is 0 Å². The molecule has 104 valence electrons. The van der Waals surface area contributed by atoms with Gasteiger partial charge in [0.25, 0.3) is 0 Å². The van der Waals surface area contributed by atoms with Gasteiger partial charge in [-0.25, -0.2) is 9.97 Å². The first-order valence-corrected chi connectivity index (χ1v) is 6.75. The summed E-state index contributed by atoms with van der Waals surface area (Å²) in [6, 6.07) is 3.89. The van der Waals surface area contributed by atoms with E-state index >= 15 is 0 Å². The van der Waals surface area contributed by atoms with Gasteiger partial charge >= 0.3 is 0 Å². The number of rotatable bonds is 6. The van der Waals surface area contributed by atoms with Gasteiger partial charge in [-0.15, -0.1) is 0 Å². The van der Waals surface area contributed by atoms with E-state index in [1.54, 1.807) is 0 Å². The number of imidazole rings is 1. The minimum absolute atomic E-state index is 0.501. The molecule has 0 aromatic carbocycles. The van der Waals surface area contributed by atoms with Crippen LogP contribution in [0.25, 0.3) is 11.2 Å². The first-order valence-electron chi connectivity index (χ1n) is 6.75. The van der Waals surface area contributed by atoms with Crippen LogP contribution in [-0.2, 0) is 11.3 Å². The number of aryl methyl sites for hydroxylation is 1. The molecule has 5 nitrogen and oxygen atoms in total. The van der Waals surface area contributed by atoms with Crippen molar-refractivity contribution in [1.29, 1.82) is 0 Å². The number of fused-ring (bicyclic) bond motifs is 1. The monoisotopic (exact) mass is 262 g/mol. The van der Waals surface area contributed by atoms with E-state index in [0.717, 1.165) is 29.9 Å². The average Bonchev–Trinajstić information content (AvgIpc) is 2.65. The van der Waals surface area contributed by atoms with Crippen molar-refractivity contribution in [3.8, 4) is 0 Å². The molecule has 0 aliphatic carbocycles. The molecule has 2 aromatic heterocycles. The second-order valence-electron chi connectivity index (χ2n) is 5.21. The Kier molecular flexibility index (Phi) is 4.37. The quantitative estimate of drug-likeness (QED) is 0.812. The van der Waals surface area contributed by atoms with Crippen molar-refractivity contribution in [1.82, 2.24) is 14.5 Å². The van der Waals surface area contributed by atoms with Crippen LogP contribution in [0.15, 0.2) is 12.1 Å². The third-order valence-corrected chi connectivity index (χ3v) is 3.06. The van der Waals surface area contributed by atoms with Crippen LogP contribution in [-0.4, -0.2) is 27.7 Å². The summed E-state index contributed by atoms with van der Waals surface area (Å²) in [6.07, 6.45) is 1.08. The summed E-state index contributed by atoms with van der Waals surface area (Å²) >= 11 is 0. The van der Waals surface area contributed by atoms with E-state index in [-0.39, 0.29) is 0 Å². The minimum atomic E-state index is 0.501. The van der Waals surface area contributed by atoms with Crippen molar-refractivity contribution in [2.24, 2.45) is 5.92 Å². The Labute approximate surface area is 113 Å². The molecule has 0 saturated heterocycles. The van der Waals surface area contributed by atoms with Crippen molar-refractivity contribution in [2.75, 3.05) is 18.9 Å². The maximum atomic E-state index is 5.92. The lowest BCUT2D eigenvalue weighted by Crippen LogP contribution is -2.10. The molecule has 0 amide bonds. The predicted octanol–water partition coefficient (Wildman–Crippen LogP) is 2.38. The van der Waals surface area contributed by atoms with Crippen molar-refractivity contribution in [3.05, 3.63) is 17.8 Å². The predicted molar refractivity (Wildman–Crippen MR) is 77.0 cm³/mol. The van der Waals surface area contributed by atoms with Gasteiger partial charge in [0.15, 0.2) is 5.65 Å². The van der Waals surface area contributed by atoms with E-state index in [0.29, 0.717) is 25.0 Å². The van der Waals surface area contributed by atoms with Gasteiger partial charge in [-0.1, -0.05) is 13.8 Å². The molecular weight excluding hydrogens is 240 g/mol. The van der Waals surface area contributed by atoms with Gasteiger partial charge < -0.3 is 10.5 Å². The lowest BCUT2D eigenvalue weighted by atomic mass is 10.1. The minimum Gasteiger partial charge on any atom is -0.380 e. The van der Waals surface area contributed by atoms with Crippen LogP contribution in [0.2, 0.25) is 0 Å². The molecule has 0 atom stereocenters. The summed E-state index contributed by atoms with van der Waals surface area (Å²) in [5.41, 5.74) is 8.57. The van der Waals surface area contributed by atoms with E-state index in [1.165, 1.54) is 0 Å². The number of ether oxygens (including phenoxy) is 1. The largest absolute Gasteiger partial charge is 0.380 e. The Balaban J connectivity index is 2.00. The van der Waals surface area contributed by atoms with Crippen LogP contribution in [0.5, 0.6) is 0 Å². The van der Waals surface area contributed by atoms with E-state index in [2.05, 4.69) is 23.8 Å². The molecule has 2 aromatic rings. The van der Waals surface area contributed by atoms with Crippen molar-refractivity contribution >= 4 is 17.1 Å². The highest BCUT2D eigenvalue weighted by atomic mass is 16.5. The van der Waals surface area contributed by atoms with Crippen LogP contribution >= 0.6 is 0 Å². The number of nitrogens with zero attached hydrogens (tertiary/aromatic N) is 3. The van der Waals surface area contributed by atoms with Gasteiger partial charge in [-0.2, -0.15) is 0 Å². The molecule has 0 spiro atoms. The van der Waals surface area contributed by atoms with E-state index in [1.807, 2.05) is 23.6 Å². The lowest BCUT2D eigenvalue weighted by Gasteiger charge is -2.08. The van der Waals surface area contributed by atoms with Crippen LogP contribution < -0.4 is 5.73 Å². The molecule has 2 N–H and O–H groups in total. The van der Waals surface area contributed by atoms with Crippen LogP contribution in [0.1, 0.15) is 26.0 Å². The van der Waals surface area contributed by atoms with Gasteiger partial charge in [-0.3, -0.25) is 4.57 Å². The molecule has 0 saturated carbocycles. The standard InChI is InChI=1S/C14H22N4O/c1-10(2)6-8-19-9-7-18-13-12(17-14(18)15)5-4-11(3)16-13/h4-5,10H,6-9H2,1-3H3,(H2,15,17). The second-order valence-corrected chi connectivity index (χ2v) is 5.21. The first-order chi connectivity index (χ1) is 9.08. The first kappa shape index (κ1) is 13.8. The molecular formula is C14H22N4O. The third-order valence-electron chi connectivity index (χ3n) is 3.06. The highest BCUT2D eigenvalue weighted by Gasteiger charge is 2.09. The number of pyridine rings is 1. The molecule has 0 unspecified atom stereocenters. The molecule has 0 fully saturated rings. The number of hydrogen-bond acceptors (Lipinski definition) is 4. The summed E-state index contributed by atoms with van der Waals surface area (Å²) in [5, 5.41) is 0. The van der Waals surface area contributed by atoms with Crippen molar-refractivity contribution < 1.29 is 4.74 Å². The molecule has 0 aliphatic rings. The zero-order valence-electron chi connectivity index (χ0n) is 11.9. The SMILES string of the molecule is Cc1ccc2nc(N)n(CCOCCC(C)C)c2n1. The second kappa shape index (κ2) is 6.02. The summed E-state index contributed by atoms with van der Waals surface area (Å²) in [4.78, 5) is 8.79. The van der Waals surface area contributed by atoms with Gasteiger partial charge in [-0.05, 0) is 31.4 Å². The number of aromatic nitrogens is 3. The highest BCUT2D eigenvalue weighted by molar-refractivity contribution is 5.74. The Morgan fingerprint density at radius 2 is 2.05 bits per heavy atom. The number of nitrogen functional groups attached to an aromatic ring is 1. The van der Waals surface area contributed by atoms with Crippen molar-refractivity contribution in [2.45, 2.75) is 33.7 Å². The summed E-state index contributed by atoms with van der Waals surface area (Å²) < 4.78 is 7.53. The van der Waals surface area contributed by atoms with Crippen LogP contribution in [0.3, 0.4) is 0 Å². The normalized spacial score (nSPS) is 11.6. The van der Waals surface area contributed by atoms with Gasteiger partial charge in [0.2, 0.25) is 5.95 Å². The zero-order chi connectivity index (χ0) is 13.8. The Hall–Kier alpha value is -1.62. The van der Waals surface area contributed by atoms with Crippen LogP contribution in [0, 0.1) is 12.8 Å². The van der Waals surface area contributed by atoms with Crippen molar-refractivity contribution in [3.63, 3.8) is 0 Å². The Morgan fingerprint density at radius 1 is 1.26 bits per heavy atom. The Morgan fingerprint density at radius 3 is 2.79 bits per heavy atom. The number of nitrogens with two attached hydrogens (primary N) is 1. The van der Waals surface area contributed by atoms with Gasteiger partial charge in [0.05, 0.1) is 13.2 Å². The summed E-state index contributed by atoms with van der Waals surface area (Å²) in [5.74, 6) is 1.17. The summed E-state index contributed by atoms with van der Waals surface area (Å²) in [7, 11) is 0. The fourth-order valence-electron chi connectivity index (χ4n) is 1.91. The average molecular weight is 262 g/mol. The molecule has 2 rings (SSSR count). The van der Waals surface area contributed by atoms with Gasteiger partial charge in [0.1, 0.15) is 5.52 Å². The third kappa shape index (κ3) is 3.44. The molecule has 5 heteroatoms. The fraction of sp³-hybridized carbons (Fsp3) is 0.571. The molecule has 0 radical (unpaired) electrons. The zero-order valence-corrected chi connectivity index (χ0v) is 11.9. The summed E-state index contributed by atoms with van der Waals surface area (Å²) in [6.45, 7) is 8.46. The number of anilines is 1. The number of hydrogen-bond donors (Lipinski definition) is 1. The smallest absolute Gasteiger partial charge is 0.202 e. The maximum Gasteiger partial charge on any atom is 0.202 e. The Bertz CT molecular complexity index is 548. The lowest BCUT2D eigenvalue weighted by molar-refractivity contribution is 0.117. The topological polar surface area (TPSA) is 66.0 Å². The molecule has 0 bridgehead atoms. The fourth-order valence-corrected chi connectivity index (χ4v) is 1.91. The van der Waals surface area contributed by atoms with Gasteiger partial charge in [0, 0.05) is 12.3 Å². The highest BCUT2D eigenvalue weighted by Crippen LogP contribution is 2.16. The van der Waals surface area contributed by atoms with Crippen LogP contribution in [0.4, 0.5) is 5.95 Å². The van der Waals surface area contributed by atoms with E-state index in [4.69, 9.17) is 10.5 Å². The molecule has 19 heavy (non-hydrogen) atoms. The molecule has 0 aliphatic heterocycles.